The van der Waals surface area contributed by atoms with Crippen molar-refractivity contribution in [2.75, 3.05) is 11.3 Å². The zero-order chi connectivity index (χ0) is 16.1. The first-order chi connectivity index (χ1) is 9.63. The first-order valence-electron chi connectivity index (χ1n) is 6.34. The molecule has 0 aromatic heterocycles. The normalized spacial score (nSPS) is 11.7. The van der Waals surface area contributed by atoms with Gasteiger partial charge in [-0.15, -0.1) is 0 Å². The highest BCUT2D eigenvalue weighted by Crippen LogP contribution is 2.17. The van der Waals surface area contributed by atoms with E-state index in [1.165, 1.54) is 12.1 Å². The van der Waals surface area contributed by atoms with E-state index in [2.05, 4.69) is 21.3 Å². The highest BCUT2D eigenvalue weighted by atomic mass is 32.2. The van der Waals surface area contributed by atoms with Gasteiger partial charge in [-0.1, -0.05) is 11.8 Å². The number of benzene rings is 1. The number of nitrogens with one attached hydrogen (secondary N) is 2. The highest BCUT2D eigenvalue weighted by molar-refractivity contribution is 7.90. The maximum absolute atomic E-state index is 13.9. The summed E-state index contributed by atoms with van der Waals surface area (Å²) in [5, 5.41) is 8.60. The molecular weight excluding hydrogens is 295 g/mol. The van der Waals surface area contributed by atoms with Crippen LogP contribution in [0.2, 0.25) is 0 Å². The molecule has 5 nitrogen and oxygen atoms in total. The maximum Gasteiger partial charge on any atom is 0.299 e. The van der Waals surface area contributed by atoms with E-state index in [4.69, 9.17) is 5.11 Å². The molecule has 1 rings (SSSR count). The van der Waals surface area contributed by atoms with Crippen molar-refractivity contribution in [2.45, 2.75) is 32.7 Å². The molecule has 0 aliphatic rings. The van der Waals surface area contributed by atoms with Gasteiger partial charge in [0, 0.05) is 17.5 Å². The summed E-state index contributed by atoms with van der Waals surface area (Å²) in [6, 6.07) is 3.95. The number of rotatable bonds is 4. The standard InChI is InChI=1S/C14H19FN2O3S/c1-14(2,3)17-21(19,20)16-13-8-7-11(10-12(13)15)6-4-5-9-18/h7-8,10,16-18H,5,9H2,1-3H3. The minimum absolute atomic E-state index is 0.0637. The van der Waals surface area contributed by atoms with Gasteiger partial charge in [-0.25, -0.2) is 4.39 Å². The fourth-order valence-electron chi connectivity index (χ4n) is 1.47. The zero-order valence-electron chi connectivity index (χ0n) is 12.2. The minimum Gasteiger partial charge on any atom is -0.395 e. The molecule has 0 radical (unpaired) electrons. The third-order valence-corrected chi connectivity index (χ3v) is 3.49. The molecule has 0 amide bonds. The van der Waals surface area contributed by atoms with Gasteiger partial charge in [-0.05, 0) is 39.0 Å². The Hall–Kier alpha value is -1.62. The minimum atomic E-state index is -3.86. The number of anilines is 1. The van der Waals surface area contributed by atoms with Gasteiger partial charge in [0.2, 0.25) is 0 Å². The molecule has 1 aromatic carbocycles. The van der Waals surface area contributed by atoms with Crippen LogP contribution in [0.3, 0.4) is 0 Å². The third kappa shape index (κ3) is 6.58. The molecule has 0 heterocycles. The van der Waals surface area contributed by atoms with Crippen LogP contribution >= 0.6 is 0 Å². The molecule has 0 saturated heterocycles. The molecule has 0 atom stereocenters. The molecule has 116 valence electrons. The molecule has 21 heavy (non-hydrogen) atoms. The Morgan fingerprint density at radius 2 is 2.00 bits per heavy atom. The molecule has 7 heteroatoms. The number of aliphatic hydroxyl groups excluding tert-OH is 1. The Kier molecular flexibility index (Phi) is 5.72. The Morgan fingerprint density at radius 3 is 2.52 bits per heavy atom. The summed E-state index contributed by atoms with van der Waals surface area (Å²) in [7, 11) is -3.86. The van der Waals surface area contributed by atoms with Crippen LogP contribution in [0.4, 0.5) is 10.1 Å². The van der Waals surface area contributed by atoms with E-state index in [9.17, 15) is 12.8 Å². The molecule has 0 aliphatic heterocycles. The van der Waals surface area contributed by atoms with Gasteiger partial charge >= 0.3 is 0 Å². The number of hydrogen-bond acceptors (Lipinski definition) is 3. The monoisotopic (exact) mass is 314 g/mol. The van der Waals surface area contributed by atoms with E-state index in [1.807, 2.05) is 0 Å². The summed E-state index contributed by atoms with van der Waals surface area (Å²) < 4.78 is 42.0. The van der Waals surface area contributed by atoms with Gasteiger partial charge in [0.25, 0.3) is 10.2 Å². The van der Waals surface area contributed by atoms with Crippen molar-refractivity contribution in [1.82, 2.24) is 4.72 Å². The largest absolute Gasteiger partial charge is 0.395 e. The molecule has 0 unspecified atom stereocenters. The van der Waals surface area contributed by atoms with Crippen LogP contribution in [0.5, 0.6) is 0 Å². The van der Waals surface area contributed by atoms with Crippen molar-refractivity contribution < 1.29 is 17.9 Å². The Labute approximate surface area is 124 Å². The summed E-state index contributed by atoms with van der Waals surface area (Å²) in [5.74, 6) is 4.61. The fourth-order valence-corrected chi connectivity index (χ4v) is 2.78. The van der Waals surface area contributed by atoms with Crippen molar-refractivity contribution in [1.29, 1.82) is 0 Å². The lowest BCUT2D eigenvalue weighted by Crippen LogP contribution is -2.43. The average Bonchev–Trinajstić information content (AvgIpc) is 2.29. The van der Waals surface area contributed by atoms with Gasteiger partial charge in [-0.2, -0.15) is 13.1 Å². The van der Waals surface area contributed by atoms with E-state index in [1.54, 1.807) is 20.8 Å². The predicted octanol–water partition coefficient (Wildman–Crippen LogP) is 1.60. The van der Waals surface area contributed by atoms with Gasteiger partial charge < -0.3 is 5.11 Å². The van der Waals surface area contributed by atoms with Crippen molar-refractivity contribution in [2.24, 2.45) is 0 Å². The Morgan fingerprint density at radius 1 is 1.33 bits per heavy atom. The third-order valence-electron chi connectivity index (χ3n) is 2.12. The number of hydrogen-bond donors (Lipinski definition) is 3. The lowest BCUT2D eigenvalue weighted by molar-refractivity contribution is 0.305. The molecule has 0 saturated carbocycles. The average molecular weight is 314 g/mol. The van der Waals surface area contributed by atoms with Crippen LogP contribution in [0.25, 0.3) is 0 Å². The Balaban J connectivity index is 2.90. The van der Waals surface area contributed by atoms with Gasteiger partial charge in [0.1, 0.15) is 5.82 Å². The van der Waals surface area contributed by atoms with Gasteiger partial charge in [0.15, 0.2) is 0 Å². The smallest absolute Gasteiger partial charge is 0.299 e. The second kappa shape index (κ2) is 6.89. The van der Waals surface area contributed by atoms with E-state index in [0.717, 1.165) is 6.07 Å². The second-order valence-electron chi connectivity index (χ2n) is 5.43. The van der Waals surface area contributed by atoms with Crippen LogP contribution in [0.1, 0.15) is 32.8 Å². The molecular formula is C14H19FN2O3S. The van der Waals surface area contributed by atoms with Crippen molar-refractivity contribution >= 4 is 15.9 Å². The summed E-state index contributed by atoms with van der Waals surface area (Å²) in [6.45, 7) is 4.99. The highest BCUT2D eigenvalue weighted by Gasteiger charge is 2.20. The van der Waals surface area contributed by atoms with Crippen LogP contribution < -0.4 is 9.44 Å². The van der Waals surface area contributed by atoms with E-state index in [0.29, 0.717) is 12.0 Å². The fraction of sp³-hybridized carbons (Fsp3) is 0.429. The Bertz CT molecular complexity index is 655. The second-order valence-corrected chi connectivity index (χ2v) is 6.84. The zero-order valence-corrected chi connectivity index (χ0v) is 13.0. The number of aliphatic hydroxyl groups is 1. The van der Waals surface area contributed by atoms with Crippen molar-refractivity contribution in [3.05, 3.63) is 29.6 Å². The van der Waals surface area contributed by atoms with E-state index >= 15 is 0 Å². The van der Waals surface area contributed by atoms with Crippen molar-refractivity contribution in [3.8, 4) is 11.8 Å². The lowest BCUT2D eigenvalue weighted by Gasteiger charge is -2.21. The first kappa shape index (κ1) is 17.4. The summed E-state index contributed by atoms with van der Waals surface area (Å²) in [5.41, 5.74) is -0.412. The summed E-state index contributed by atoms with van der Waals surface area (Å²) >= 11 is 0. The quantitative estimate of drug-likeness (QED) is 0.739. The molecule has 1 aromatic rings. The van der Waals surface area contributed by atoms with Gasteiger partial charge in [-0.3, -0.25) is 4.72 Å². The lowest BCUT2D eigenvalue weighted by atomic mass is 10.1. The molecule has 0 aliphatic carbocycles. The van der Waals surface area contributed by atoms with E-state index < -0.39 is 21.6 Å². The molecule has 3 N–H and O–H groups in total. The van der Waals surface area contributed by atoms with E-state index in [-0.39, 0.29) is 12.3 Å². The summed E-state index contributed by atoms with van der Waals surface area (Å²) in [4.78, 5) is 0. The van der Waals surface area contributed by atoms with Crippen LogP contribution in [0.15, 0.2) is 18.2 Å². The maximum atomic E-state index is 13.9. The van der Waals surface area contributed by atoms with Gasteiger partial charge in [0.05, 0.1) is 12.3 Å². The topological polar surface area (TPSA) is 78.4 Å². The molecule has 0 spiro atoms. The molecule has 0 fully saturated rings. The number of halogens is 1. The summed E-state index contributed by atoms with van der Waals surface area (Å²) in [6.07, 6.45) is 0.297. The van der Waals surface area contributed by atoms with Crippen LogP contribution in [0, 0.1) is 17.7 Å². The molecule has 0 bridgehead atoms. The van der Waals surface area contributed by atoms with Crippen molar-refractivity contribution in [3.63, 3.8) is 0 Å². The van der Waals surface area contributed by atoms with Crippen LogP contribution in [-0.4, -0.2) is 25.7 Å². The SMILES string of the molecule is CC(C)(C)NS(=O)(=O)Nc1ccc(C#CCCO)cc1F. The first-order valence-corrected chi connectivity index (χ1v) is 7.82. The van der Waals surface area contributed by atoms with Crippen LogP contribution in [-0.2, 0) is 10.2 Å². The predicted molar refractivity (Wildman–Crippen MR) is 80.4 cm³/mol.